The van der Waals surface area contributed by atoms with Crippen molar-refractivity contribution in [2.24, 2.45) is 0 Å². The van der Waals surface area contributed by atoms with Gasteiger partial charge in [-0.3, -0.25) is 14.9 Å². The van der Waals surface area contributed by atoms with Gasteiger partial charge in [-0.2, -0.15) is 0 Å². The van der Waals surface area contributed by atoms with Crippen molar-refractivity contribution in [3.05, 3.63) is 62.5 Å². The summed E-state index contributed by atoms with van der Waals surface area (Å²) in [5, 5.41) is 13.9. The largest absolute Gasteiger partial charge is 0.466 e. The summed E-state index contributed by atoms with van der Waals surface area (Å²) >= 11 is 0. The molecule has 142 valence electrons. The zero-order chi connectivity index (χ0) is 20.1. The molecule has 0 saturated carbocycles. The van der Waals surface area contributed by atoms with Crippen molar-refractivity contribution in [3.8, 4) is 0 Å². The first-order chi connectivity index (χ1) is 12.8. The van der Waals surface area contributed by atoms with Crippen LogP contribution in [0, 0.1) is 10.1 Å². The molecule has 0 bridgehead atoms. The lowest BCUT2D eigenvalue weighted by molar-refractivity contribution is -0.384. The van der Waals surface area contributed by atoms with Gasteiger partial charge in [0, 0.05) is 17.8 Å². The maximum absolute atomic E-state index is 12.5. The van der Waals surface area contributed by atoms with E-state index >= 15 is 0 Å². The van der Waals surface area contributed by atoms with Crippen LogP contribution in [0.5, 0.6) is 0 Å². The van der Waals surface area contributed by atoms with Crippen molar-refractivity contribution < 1.29 is 28.8 Å². The summed E-state index contributed by atoms with van der Waals surface area (Å²) in [6.07, 6.45) is 0.433. The van der Waals surface area contributed by atoms with Gasteiger partial charge in [0.1, 0.15) is 0 Å². The quantitative estimate of drug-likeness (QED) is 0.345. The Kier molecular flexibility index (Phi) is 6.07. The Hall–Kier alpha value is -3.49. The molecule has 1 heterocycles. The number of methoxy groups -OCH3 is 1. The Labute approximate surface area is 154 Å². The molecule has 0 amide bonds. The molecule has 1 aliphatic heterocycles. The number of allylic oxidation sites excluding steroid dienone is 2. The van der Waals surface area contributed by atoms with Gasteiger partial charge in [-0.15, -0.1) is 0 Å². The number of nitro groups is 1. The second-order valence-electron chi connectivity index (χ2n) is 5.61. The molecule has 1 aliphatic rings. The molecule has 1 N–H and O–H groups in total. The molecule has 2 rings (SSSR count). The van der Waals surface area contributed by atoms with Gasteiger partial charge in [-0.1, -0.05) is 12.1 Å². The Bertz CT molecular complexity index is 870. The van der Waals surface area contributed by atoms with Crippen molar-refractivity contribution in [2.45, 2.75) is 19.8 Å². The van der Waals surface area contributed by atoms with E-state index in [1.54, 1.807) is 13.8 Å². The molecule has 9 nitrogen and oxygen atoms in total. The number of dihydropyridines is 1. The molecule has 0 fully saturated rings. The van der Waals surface area contributed by atoms with Crippen LogP contribution in [0.2, 0.25) is 0 Å². The molecule has 27 heavy (non-hydrogen) atoms. The fourth-order valence-electron chi connectivity index (χ4n) is 2.91. The molecule has 0 aromatic heterocycles. The van der Waals surface area contributed by atoms with Crippen molar-refractivity contribution in [2.75, 3.05) is 13.7 Å². The van der Waals surface area contributed by atoms with Crippen LogP contribution in [0.4, 0.5) is 5.69 Å². The van der Waals surface area contributed by atoms with E-state index < -0.39 is 22.8 Å². The lowest BCUT2D eigenvalue weighted by Gasteiger charge is -2.29. The Morgan fingerprint density at radius 3 is 2.56 bits per heavy atom. The number of aldehydes is 1. The SMILES string of the molecule is CCOC(=O)C1=C(C)NC(C=O)=C(C(=O)OC)C1c1cccc([N+](=O)[O-])c1. The average molecular weight is 374 g/mol. The number of carbonyl (C=O) groups excluding carboxylic acids is 3. The standard InChI is InChI=1S/C18H18N2O7/c1-4-27-18(23)14-10(2)19-13(9-21)16(17(22)26-3)15(14)11-6-5-7-12(8-11)20(24)25/h5-9,15,19H,4H2,1-3H3. The highest BCUT2D eigenvalue weighted by atomic mass is 16.6. The number of nitrogens with one attached hydrogen (secondary N) is 1. The van der Waals surface area contributed by atoms with Gasteiger partial charge in [0.15, 0.2) is 6.29 Å². The second kappa shape index (κ2) is 8.26. The molecule has 1 unspecified atom stereocenters. The van der Waals surface area contributed by atoms with E-state index in [-0.39, 0.29) is 34.7 Å². The molecule has 1 aromatic carbocycles. The first kappa shape index (κ1) is 19.8. The molecular formula is C18H18N2O7. The summed E-state index contributed by atoms with van der Waals surface area (Å²) < 4.78 is 9.85. The van der Waals surface area contributed by atoms with Crippen LogP contribution in [0.15, 0.2) is 46.8 Å². The third kappa shape index (κ3) is 3.86. The maximum atomic E-state index is 12.5. The molecule has 0 spiro atoms. The van der Waals surface area contributed by atoms with Crippen LogP contribution in [0.3, 0.4) is 0 Å². The van der Waals surface area contributed by atoms with Gasteiger partial charge in [0.05, 0.1) is 41.4 Å². The van der Waals surface area contributed by atoms with Crippen molar-refractivity contribution in [1.82, 2.24) is 5.32 Å². The third-order valence-electron chi connectivity index (χ3n) is 4.03. The number of hydrogen-bond donors (Lipinski definition) is 1. The Morgan fingerprint density at radius 1 is 1.30 bits per heavy atom. The maximum Gasteiger partial charge on any atom is 0.336 e. The van der Waals surface area contributed by atoms with E-state index in [0.717, 1.165) is 7.11 Å². The summed E-state index contributed by atoms with van der Waals surface area (Å²) in [6.45, 7) is 3.27. The van der Waals surface area contributed by atoms with E-state index in [1.165, 1.54) is 24.3 Å². The van der Waals surface area contributed by atoms with E-state index in [9.17, 15) is 24.5 Å². The first-order valence-electron chi connectivity index (χ1n) is 8.02. The predicted octanol–water partition coefficient (Wildman–Crippen LogP) is 1.74. The number of rotatable bonds is 6. The number of nitro benzene ring substituents is 1. The highest BCUT2D eigenvalue weighted by molar-refractivity contribution is 6.03. The topological polar surface area (TPSA) is 125 Å². The van der Waals surface area contributed by atoms with Gasteiger partial charge in [0.2, 0.25) is 0 Å². The lowest BCUT2D eigenvalue weighted by atomic mass is 9.80. The van der Waals surface area contributed by atoms with Gasteiger partial charge in [-0.05, 0) is 19.4 Å². The lowest BCUT2D eigenvalue weighted by Crippen LogP contribution is -2.33. The van der Waals surface area contributed by atoms with E-state index in [0.29, 0.717) is 12.0 Å². The molecule has 0 saturated heterocycles. The summed E-state index contributed by atoms with van der Waals surface area (Å²) in [4.78, 5) is 47.0. The summed E-state index contributed by atoms with van der Waals surface area (Å²) in [6, 6.07) is 5.49. The van der Waals surface area contributed by atoms with Crippen LogP contribution in [0.25, 0.3) is 0 Å². The van der Waals surface area contributed by atoms with Gasteiger partial charge >= 0.3 is 11.9 Å². The summed E-state index contributed by atoms with van der Waals surface area (Å²) in [5.74, 6) is -2.60. The number of hydrogen-bond acceptors (Lipinski definition) is 8. The van der Waals surface area contributed by atoms with Crippen LogP contribution < -0.4 is 5.32 Å². The average Bonchev–Trinajstić information content (AvgIpc) is 2.66. The Balaban J connectivity index is 2.76. The Morgan fingerprint density at radius 2 is 2.00 bits per heavy atom. The highest BCUT2D eigenvalue weighted by Crippen LogP contribution is 2.39. The molecule has 9 heteroatoms. The minimum atomic E-state index is -1.06. The first-order valence-corrected chi connectivity index (χ1v) is 8.02. The fraction of sp³-hybridized carbons (Fsp3) is 0.278. The monoisotopic (exact) mass is 374 g/mol. The predicted molar refractivity (Wildman–Crippen MR) is 93.4 cm³/mol. The second-order valence-corrected chi connectivity index (χ2v) is 5.61. The fourth-order valence-corrected chi connectivity index (χ4v) is 2.91. The van der Waals surface area contributed by atoms with Crippen LogP contribution >= 0.6 is 0 Å². The van der Waals surface area contributed by atoms with Crippen LogP contribution in [0.1, 0.15) is 25.3 Å². The van der Waals surface area contributed by atoms with Crippen molar-refractivity contribution in [1.29, 1.82) is 0 Å². The van der Waals surface area contributed by atoms with Crippen molar-refractivity contribution >= 4 is 23.9 Å². The summed E-state index contributed by atoms with van der Waals surface area (Å²) in [5.41, 5.74) is 0.241. The number of ether oxygens (including phenoxy) is 2. The number of esters is 2. The summed E-state index contributed by atoms with van der Waals surface area (Å²) in [7, 11) is 1.14. The van der Waals surface area contributed by atoms with Crippen molar-refractivity contribution in [3.63, 3.8) is 0 Å². The number of carbonyl (C=O) groups is 3. The smallest absolute Gasteiger partial charge is 0.336 e. The van der Waals surface area contributed by atoms with E-state index in [4.69, 9.17) is 9.47 Å². The minimum absolute atomic E-state index is 0.0725. The van der Waals surface area contributed by atoms with E-state index in [2.05, 4.69) is 5.32 Å². The number of nitrogens with zero attached hydrogens (tertiary/aromatic N) is 1. The zero-order valence-electron chi connectivity index (χ0n) is 15.0. The molecule has 0 aliphatic carbocycles. The normalized spacial score (nSPS) is 16.5. The number of benzene rings is 1. The van der Waals surface area contributed by atoms with Gasteiger partial charge in [0.25, 0.3) is 5.69 Å². The molecular weight excluding hydrogens is 356 g/mol. The molecule has 1 aromatic rings. The molecule has 1 atom stereocenters. The minimum Gasteiger partial charge on any atom is -0.466 e. The molecule has 0 radical (unpaired) electrons. The van der Waals surface area contributed by atoms with Gasteiger partial charge in [-0.25, -0.2) is 9.59 Å². The highest BCUT2D eigenvalue weighted by Gasteiger charge is 2.39. The number of non-ortho nitro benzene ring substituents is 1. The van der Waals surface area contributed by atoms with Crippen LogP contribution in [-0.4, -0.2) is 36.9 Å². The van der Waals surface area contributed by atoms with Gasteiger partial charge < -0.3 is 14.8 Å². The zero-order valence-corrected chi connectivity index (χ0v) is 15.0. The van der Waals surface area contributed by atoms with Crippen LogP contribution in [-0.2, 0) is 23.9 Å². The van der Waals surface area contributed by atoms with E-state index in [1.807, 2.05) is 0 Å². The third-order valence-corrected chi connectivity index (χ3v) is 4.03.